The number of nitrogens with one attached hydrogen (secondary N) is 1. The largest absolute Gasteiger partial charge is 0.423 e. The van der Waals surface area contributed by atoms with Crippen molar-refractivity contribution in [3.63, 3.8) is 0 Å². The van der Waals surface area contributed by atoms with Crippen molar-refractivity contribution in [2.45, 2.75) is 32.7 Å². The number of hydrogen-bond acceptors (Lipinski definition) is 5. The third kappa shape index (κ3) is 5.44. The van der Waals surface area contributed by atoms with Gasteiger partial charge in [0, 0.05) is 5.69 Å². The minimum Gasteiger partial charge on any atom is -0.423 e. The minimum atomic E-state index is -0.555. The summed E-state index contributed by atoms with van der Waals surface area (Å²) in [4.78, 5) is 39.0. The van der Waals surface area contributed by atoms with Crippen LogP contribution in [0.15, 0.2) is 89.6 Å². The van der Waals surface area contributed by atoms with E-state index in [1.54, 1.807) is 36.4 Å². The summed E-state index contributed by atoms with van der Waals surface area (Å²) >= 11 is 6.18. The summed E-state index contributed by atoms with van der Waals surface area (Å²) in [5.74, 6) is -1.11. The second-order valence-corrected chi connectivity index (χ2v) is 9.62. The van der Waals surface area contributed by atoms with E-state index in [1.807, 2.05) is 42.5 Å². The third-order valence-electron chi connectivity index (χ3n) is 5.62. The maximum atomic E-state index is 12.8. The minimum absolute atomic E-state index is 0.00172. The highest BCUT2D eigenvalue weighted by atomic mass is 35.5. The van der Waals surface area contributed by atoms with Gasteiger partial charge in [-0.3, -0.25) is 14.5 Å². The van der Waals surface area contributed by atoms with E-state index < -0.39 is 17.8 Å². The molecule has 0 aliphatic carbocycles. The number of carbonyl (C=O) groups is 3. The van der Waals surface area contributed by atoms with Crippen LogP contribution in [0.1, 0.15) is 42.3 Å². The molecule has 35 heavy (non-hydrogen) atoms. The molecule has 0 saturated carbocycles. The Labute approximate surface area is 209 Å². The topological polar surface area (TPSA) is 75.7 Å². The molecule has 0 radical (unpaired) electrons. The summed E-state index contributed by atoms with van der Waals surface area (Å²) in [6, 6.07) is 23.0. The fourth-order valence-electron chi connectivity index (χ4n) is 3.59. The first-order chi connectivity index (χ1) is 16.6. The Kier molecular flexibility index (Phi) is 6.76. The van der Waals surface area contributed by atoms with Gasteiger partial charge in [0.25, 0.3) is 11.8 Å². The van der Waals surface area contributed by atoms with Gasteiger partial charge in [-0.2, -0.15) is 0 Å². The van der Waals surface area contributed by atoms with Crippen molar-refractivity contribution in [2.24, 2.45) is 0 Å². The summed E-state index contributed by atoms with van der Waals surface area (Å²) in [6.45, 7) is 6.47. The lowest BCUT2D eigenvalue weighted by Gasteiger charge is -2.19. The van der Waals surface area contributed by atoms with E-state index in [2.05, 4.69) is 26.1 Å². The highest BCUT2D eigenvalue weighted by molar-refractivity contribution is 6.48. The maximum absolute atomic E-state index is 12.8. The number of carbonyl (C=O) groups excluding carboxylic acids is 3. The molecule has 3 aromatic rings. The van der Waals surface area contributed by atoms with E-state index in [4.69, 9.17) is 16.3 Å². The highest BCUT2D eigenvalue weighted by Gasteiger charge is 2.37. The molecule has 1 heterocycles. The van der Waals surface area contributed by atoms with Gasteiger partial charge in [-0.1, -0.05) is 74.8 Å². The van der Waals surface area contributed by atoms with Crippen LogP contribution in [0, 0.1) is 0 Å². The van der Waals surface area contributed by atoms with E-state index in [0.29, 0.717) is 17.0 Å². The van der Waals surface area contributed by atoms with E-state index in [-0.39, 0.29) is 22.7 Å². The van der Waals surface area contributed by atoms with Gasteiger partial charge in [-0.25, -0.2) is 4.79 Å². The quantitative estimate of drug-likeness (QED) is 0.276. The summed E-state index contributed by atoms with van der Waals surface area (Å²) in [5, 5.41) is 2.73. The van der Waals surface area contributed by atoms with E-state index in [9.17, 15) is 14.4 Å². The van der Waals surface area contributed by atoms with Crippen LogP contribution in [0.4, 0.5) is 5.69 Å². The zero-order valence-corrected chi connectivity index (χ0v) is 20.4. The molecule has 6 nitrogen and oxygen atoms in total. The summed E-state index contributed by atoms with van der Waals surface area (Å²) < 4.78 is 5.47. The summed E-state index contributed by atoms with van der Waals surface area (Å²) in [7, 11) is 0. The second kappa shape index (κ2) is 9.76. The van der Waals surface area contributed by atoms with Crippen molar-refractivity contribution in [1.29, 1.82) is 0 Å². The number of hydrogen-bond donors (Lipinski definition) is 1. The van der Waals surface area contributed by atoms with Crippen LogP contribution in [0.3, 0.4) is 0 Å². The number of ether oxygens (including phenoxy) is 1. The smallest absolute Gasteiger partial charge is 0.343 e. The molecule has 178 valence electrons. The van der Waals surface area contributed by atoms with Gasteiger partial charge in [0.15, 0.2) is 0 Å². The van der Waals surface area contributed by atoms with Crippen molar-refractivity contribution >= 4 is 35.1 Å². The van der Waals surface area contributed by atoms with Gasteiger partial charge in [0.1, 0.15) is 16.5 Å². The van der Waals surface area contributed by atoms with Crippen molar-refractivity contribution in [3.8, 4) is 5.75 Å². The number of benzene rings is 3. The number of amides is 2. The van der Waals surface area contributed by atoms with Gasteiger partial charge in [0.2, 0.25) is 0 Å². The first-order valence-corrected chi connectivity index (χ1v) is 11.5. The van der Waals surface area contributed by atoms with Gasteiger partial charge in [0.05, 0.1) is 12.1 Å². The summed E-state index contributed by atoms with van der Waals surface area (Å²) in [6.07, 6.45) is 0. The highest BCUT2D eigenvalue weighted by Crippen LogP contribution is 2.28. The zero-order chi connectivity index (χ0) is 25.2. The lowest BCUT2D eigenvalue weighted by Crippen LogP contribution is -2.31. The molecule has 0 bridgehead atoms. The van der Waals surface area contributed by atoms with Gasteiger partial charge < -0.3 is 10.1 Å². The molecule has 0 unspecified atom stereocenters. The molecule has 0 fully saturated rings. The number of imide groups is 1. The van der Waals surface area contributed by atoms with Crippen molar-refractivity contribution < 1.29 is 19.1 Å². The molecule has 1 N–H and O–H groups in total. The molecule has 3 aromatic carbocycles. The molecular weight excluding hydrogens is 464 g/mol. The van der Waals surface area contributed by atoms with Crippen molar-refractivity contribution in [1.82, 2.24) is 4.90 Å². The molecule has 7 heteroatoms. The molecule has 0 atom stereocenters. The van der Waals surface area contributed by atoms with Crippen LogP contribution in [0.5, 0.6) is 5.75 Å². The SMILES string of the molecule is CC(C)(C)c1ccc(OC(=O)c2ccc(NC3=C(Cl)C(=O)N(Cc4ccccc4)C3=O)cc2)cc1. The monoisotopic (exact) mass is 488 g/mol. The first kappa shape index (κ1) is 24.2. The van der Waals surface area contributed by atoms with Crippen LogP contribution in [-0.2, 0) is 21.5 Å². The van der Waals surface area contributed by atoms with E-state index >= 15 is 0 Å². The zero-order valence-electron chi connectivity index (χ0n) is 19.7. The predicted octanol–water partition coefficient (Wildman–Crippen LogP) is 5.63. The van der Waals surface area contributed by atoms with Crippen molar-refractivity contribution in [2.75, 3.05) is 5.32 Å². The van der Waals surface area contributed by atoms with Crippen LogP contribution in [0.25, 0.3) is 0 Å². The van der Waals surface area contributed by atoms with Gasteiger partial charge in [-0.05, 0) is 52.9 Å². The van der Waals surface area contributed by atoms with Crippen LogP contribution < -0.4 is 10.1 Å². The van der Waals surface area contributed by atoms with E-state index in [1.165, 1.54) is 0 Å². The number of esters is 1. The first-order valence-electron chi connectivity index (χ1n) is 11.1. The molecule has 1 aliphatic heterocycles. The lowest BCUT2D eigenvalue weighted by atomic mass is 9.87. The Bertz CT molecular complexity index is 1290. The average molecular weight is 489 g/mol. The Morgan fingerprint density at radius 1 is 0.886 bits per heavy atom. The predicted molar refractivity (Wildman–Crippen MR) is 135 cm³/mol. The van der Waals surface area contributed by atoms with Crippen LogP contribution >= 0.6 is 11.6 Å². The lowest BCUT2D eigenvalue weighted by molar-refractivity contribution is -0.138. The molecule has 1 aliphatic rings. The van der Waals surface area contributed by atoms with Crippen LogP contribution in [-0.4, -0.2) is 22.7 Å². The average Bonchev–Trinajstić information content (AvgIpc) is 3.03. The number of anilines is 1. The Hall–Kier alpha value is -3.90. The maximum Gasteiger partial charge on any atom is 0.343 e. The Balaban J connectivity index is 1.41. The summed E-state index contributed by atoms with van der Waals surface area (Å²) in [5.41, 5.74) is 2.82. The second-order valence-electron chi connectivity index (χ2n) is 9.24. The fraction of sp³-hybridized carbons (Fsp3) is 0.179. The standard InChI is InChI=1S/C28H25ClN2O4/c1-28(2,3)20-11-15-22(16-12-20)35-27(34)19-9-13-21(14-10-19)30-24-23(29)25(32)31(26(24)33)17-18-7-5-4-6-8-18/h4-16,30H,17H2,1-3H3. The number of rotatable bonds is 6. The van der Waals surface area contributed by atoms with Crippen LogP contribution in [0.2, 0.25) is 0 Å². The molecule has 0 aromatic heterocycles. The number of halogens is 1. The Morgan fingerprint density at radius 3 is 2.11 bits per heavy atom. The van der Waals surface area contributed by atoms with Gasteiger partial charge in [-0.15, -0.1) is 0 Å². The third-order valence-corrected chi connectivity index (χ3v) is 5.97. The number of nitrogens with zero attached hydrogens (tertiary/aromatic N) is 1. The molecule has 4 rings (SSSR count). The molecule has 2 amide bonds. The molecule has 0 spiro atoms. The normalized spacial score (nSPS) is 13.9. The Morgan fingerprint density at radius 2 is 1.51 bits per heavy atom. The molecular formula is C28H25ClN2O4. The fourth-order valence-corrected chi connectivity index (χ4v) is 3.82. The van der Waals surface area contributed by atoms with Gasteiger partial charge >= 0.3 is 5.97 Å². The van der Waals surface area contributed by atoms with E-state index in [0.717, 1.165) is 16.0 Å². The van der Waals surface area contributed by atoms with Crippen molar-refractivity contribution in [3.05, 3.63) is 106 Å². The molecule has 0 saturated heterocycles.